The van der Waals surface area contributed by atoms with Crippen molar-refractivity contribution < 1.29 is 14.3 Å². The number of aliphatic carboxylic acids is 1. The van der Waals surface area contributed by atoms with Crippen LogP contribution in [-0.2, 0) is 4.79 Å². The SMILES string of the molecule is CCC/C(C(=O)O)=C(/F)CC. The number of halogens is 1. The van der Waals surface area contributed by atoms with Crippen LogP contribution in [0.4, 0.5) is 4.39 Å². The number of rotatable bonds is 4. The van der Waals surface area contributed by atoms with Crippen molar-refractivity contribution in [2.24, 2.45) is 0 Å². The number of hydrogen-bond donors (Lipinski definition) is 1. The van der Waals surface area contributed by atoms with Crippen LogP contribution in [-0.4, -0.2) is 11.1 Å². The first kappa shape index (κ1) is 10.1. The molecule has 0 saturated carbocycles. The van der Waals surface area contributed by atoms with Crippen molar-refractivity contribution in [1.82, 2.24) is 0 Å². The molecule has 11 heavy (non-hydrogen) atoms. The first-order valence-electron chi connectivity index (χ1n) is 3.74. The topological polar surface area (TPSA) is 37.3 Å². The van der Waals surface area contributed by atoms with Gasteiger partial charge < -0.3 is 5.11 Å². The zero-order valence-corrected chi connectivity index (χ0v) is 6.85. The molecule has 1 N–H and O–H groups in total. The van der Waals surface area contributed by atoms with E-state index in [1.807, 2.05) is 6.92 Å². The molecule has 0 aliphatic heterocycles. The third-order valence-corrected chi connectivity index (χ3v) is 1.40. The summed E-state index contributed by atoms with van der Waals surface area (Å²) in [6.45, 7) is 3.43. The third-order valence-electron chi connectivity index (χ3n) is 1.40. The first-order chi connectivity index (χ1) is 5.13. The summed E-state index contributed by atoms with van der Waals surface area (Å²) in [5.74, 6) is -1.63. The molecule has 0 saturated heterocycles. The van der Waals surface area contributed by atoms with Crippen LogP contribution in [0.2, 0.25) is 0 Å². The van der Waals surface area contributed by atoms with E-state index in [9.17, 15) is 9.18 Å². The molecule has 0 aromatic heterocycles. The standard InChI is InChI=1S/C8H13FO2/c1-3-5-6(8(10)11)7(9)4-2/h3-5H2,1-2H3,(H,10,11)/b7-6-. The second-order valence-corrected chi connectivity index (χ2v) is 2.29. The van der Waals surface area contributed by atoms with E-state index < -0.39 is 11.8 Å². The molecule has 0 radical (unpaired) electrons. The van der Waals surface area contributed by atoms with Gasteiger partial charge in [0.2, 0.25) is 0 Å². The van der Waals surface area contributed by atoms with Crippen molar-refractivity contribution in [2.75, 3.05) is 0 Å². The fourth-order valence-electron chi connectivity index (χ4n) is 0.822. The van der Waals surface area contributed by atoms with E-state index >= 15 is 0 Å². The van der Waals surface area contributed by atoms with Gasteiger partial charge >= 0.3 is 5.97 Å². The molecule has 0 atom stereocenters. The lowest BCUT2D eigenvalue weighted by Gasteiger charge is -2.00. The Hall–Kier alpha value is -0.860. The van der Waals surface area contributed by atoms with Gasteiger partial charge in [-0.3, -0.25) is 0 Å². The molecule has 0 aromatic carbocycles. The van der Waals surface area contributed by atoms with Crippen LogP contribution >= 0.6 is 0 Å². The van der Waals surface area contributed by atoms with E-state index in [-0.39, 0.29) is 12.0 Å². The molecular formula is C8H13FO2. The number of hydrogen-bond acceptors (Lipinski definition) is 1. The molecule has 0 aliphatic rings. The Morgan fingerprint density at radius 1 is 1.45 bits per heavy atom. The van der Waals surface area contributed by atoms with Crippen LogP contribution in [0.5, 0.6) is 0 Å². The van der Waals surface area contributed by atoms with Crippen molar-refractivity contribution in [3.8, 4) is 0 Å². The fourth-order valence-corrected chi connectivity index (χ4v) is 0.822. The second kappa shape index (κ2) is 4.88. The Bertz CT molecular complexity index is 173. The number of allylic oxidation sites excluding steroid dienone is 1. The van der Waals surface area contributed by atoms with Crippen LogP contribution < -0.4 is 0 Å². The summed E-state index contributed by atoms with van der Waals surface area (Å²) in [7, 11) is 0. The van der Waals surface area contributed by atoms with E-state index in [4.69, 9.17) is 5.11 Å². The molecule has 0 amide bonds. The van der Waals surface area contributed by atoms with Crippen LogP contribution in [0.1, 0.15) is 33.1 Å². The second-order valence-electron chi connectivity index (χ2n) is 2.29. The maximum atomic E-state index is 12.7. The van der Waals surface area contributed by atoms with Gasteiger partial charge in [-0.15, -0.1) is 0 Å². The molecule has 0 aliphatic carbocycles. The molecule has 0 spiro atoms. The van der Waals surface area contributed by atoms with Gasteiger partial charge in [0, 0.05) is 0 Å². The molecule has 0 bridgehead atoms. The lowest BCUT2D eigenvalue weighted by atomic mass is 10.1. The van der Waals surface area contributed by atoms with Crippen molar-refractivity contribution in [3.05, 3.63) is 11.4 Å². The normalized spacial score (nSPS) is 12.6. The summed E-state index contributed by atoms with van der Waals surface area (Å²) in [6.07, 6.45) is 1.14. The largest absolute Gasteiger partial charge is 0.478 e. The molecule has 0 heterocycles. The Kier molecular flexibility index (Phi) is 4.50. The average molecular weight is 160 g/mol. The number of carboxylic acid groups (broad SMARTS) is 1. The minimum Gasteiger partial charge on any atom is -0.478 e. The zero-order valence-electron chi connectivity index (χ0n) is 6.85. The van der Waals surface area contributed by atoms with E-state index in [1.165, 1.54) is 0 Å². The molecule has 3 heteroatoms. The Labute approximate surface area is 65.7 Å². The van der Waals surface area contributed by atoms with Crippen LogP contribution in [0.15, 0.2) is 11.4 Å². The first-order valence-corrected chi connectivity index (χ1v) is 3.74. The maximum absolute atomic E-state index is 12.7. The van der Waals surface area contributed by atoms with Crippen molar-refractivity contribution >= 4 is 5.97 Å². The van der Waals surface area contributed by atoms with E-state index in [0.717, 1.165) is 0 Å². The summed E-state index contributed by atoms with van der Waals surface area (Å²) >= 11 is 0. The fraction of sp³-hybridized carbons (Fsp3) is 0.625. The van der Waals surface area contributed by atoms with Crippen molar-refractivity contribution in [2.45, 2.75) is 33.1 Å². The average Bonchev–Trinajstić information content (AvgIpc) is 1.98. The van der Waals surface area contributed by atoms with Gasteiger partial charge in [0.25, 0.3) is 0 Å². The van der Waals surface area contributed by atoms with E-state index in [0.29, 0.717) is 12.8 Å². The quantitative estimate of drug-likeness (QED) is 0.641. The van der Waals surface area contributed by atoms with E-state index in [2.05, 4.69) is 0 Å². The highest BCUT2D eigenvalue weighted by Crippen LogP contribution is 2.15. The number of carbonyl (C=O) groups is 1. The molecule has 2 nitrogen and oxygen atoms in total. The summed E-state index contributed by atoms with van der Waals surface area (Å²) in [5, 5.41) is 8.51. The molecule has 0 rings (SSSR count). The van der Waals surface area contributed by atoms with Crippen molar-refractivity contribution in [1.29, 1.82) is 0 Å². The lowest BCUT2D eigenvalue weighted by Crippen LogP contribution is -2.02. The van der Waals surface area contributed by atoms with Crippen LogP contribution in [0.3, 0.4) is 0 Å². The van der Waals surface area contributed by atoms with Gasteiger partial charge in [-0.05, 0) is 12.8 Å². The lowest BCUT2D eigenvalue weighted by molar-refractivity contribution is -0.133. The Balaban J connectivity index is 4.43. The summed E-state index contributed by atoms with van der Waals surface area (Å²) in [5.41, 5.74) is -0.0741. The molecule has 0 unspecified atom stereocenters. The van der Waals surface area contributed by atoms with Crippen LogP contribution in [0.25, 0.3) is 0 Å². The Morgan fingerprint density at radius 3 is 2.27 bits per heavy atom. The van der Waals surface area contributed by atoms with Gasteiger partial charge in [0.1, 0.15) is 5.83 Å². The van der Waals surface area contributed by atoms with Gasteiger partial charge in [-0.2, -0.15) is 0 Å². The summed E-state index contributed by atoms with van der Waals surface area (Å²) in [4.78, 5) is 10.4. The highest BCUT2D eigenvalue weighted by atomic mass is 19.1. The van der Waals surface area contributed by atoms with Gasteiger partial charge in [-0.25, -0.2) is 9.18 Å². The van der Waals surface area contributed by atoms with Gasteiger partial charge in [0.05, 0.1) is 5.57 Å². The minimum atomic E-state index is -1.13. The molecule has 0 fully saturated rings. The van der Waals surface area contributed by atoms with Crippen molar-refractivity contribution in [3.63, 3.8) is 0 Å². The highest BCUT2D eigenvalue weighted by Gasteiger charge is 2.11. The summed E-state index contributed by atoms with van der Waals surface area (Å²) < 4.78 is 12.7. The molecule has 64 valence electrons. The third kappa shape index (κ3) is 3.16. The molecule has 0 aromatic rings. The zero-order chi connectivity index (χ0) is 8.85. The summed E-state index contributed by atoms with van der Waals surface area (Å²) in [6, 6.07) is 0. The number of carboxylic acids is 1. The van der Waals surface area contributed by atoms with Gasteiger partial charge in [0.15, 0.2) is 0 Å². The molecular weight excluding hydrogens is 147 g/mol. The van der Waals surface area contributed by atoms with Crippen LogP contribution in [0, 0.1) is 0 Å². The minimum absolute atomic E-state index is 0.0741. The smallest absolute Gasteiger partial charge is 0.334 e. The highest BCUT2D eigenvalue weighted by molar-refractivity contribution is 5.87. The monoisotopic (exact) mass is 160 g/mol. The Morgan fingerprint density at radius 2 is 2.00 bits per heavy atom. The predicted octanol–water partition coefficient (Wildman–Crippen LogP) is 2.50. The predicted molar refractivity (Wildman–Crippen MR) is 41.0 cm³/mol. The van der Waals surface area contributed by atoms with Gasteiger partial charge in [-0.1, -0.05) is 20.3 Å². The van der Waals surface area contributed by atoms with E-state index in [1.54, 1.807) is 6.92 Å². The maximum Gasteiger partial charge on any atom is 0.334 e.